The van der Waals surface area contributed by atoms with Crippen LogP contribution in [0.1, 0.15) is 154 Å². The predicted octanol–water partition coefficient (Wildman–Crippen LogP) is 5.80. The number of nitrogens with one attached hydrogen (secondary N) is 4. The van der Waals surface area contributed by atoms with E-state index in [9.17, 15) is 19.2 Å². The van der Waals surface area contributed by atoms with Gasteiger partial charge in [0.05, 0.1) is 0 Å². The van der Waals surface area contributed by atoms with Gasteiger partial charge in [-0.2, -0.15) is 0 Å². The van der Waals surface area contributed by atoms with Crippen LogP contribution in [0, 0.1) is 0 Å². The van der Waals surface area contributed by atoms with Crippen LogP contribution in [0.5, 0.6) is 0 Å². The minimum Gasteiger partial charge on any atom is -0.356 e. The average Bonchev–Trinajstić information content (AvgIpc) is 2.98. The van der Waals surface area contributed by atoms with Crippen molar-refractivity contribution in [3.8, 4) is 0 Å². The highest BCUT2D eigenvalue weighted by Gasteiger charge is 2.04. The predicted molar refractivity (Wildman–Crippen MR) is 192 cm³/mol. The molecule has 0 aromatic rings. The molecule has 0 aliphatic carbocycles. The lowest BCUT2D eigenvalue weighted by atomic mass is 10.1. The molecule has 10 nitrogen and oxygen atoms in total. The number of rotatable bonds is 31. The average molecular weight is 759 g/mol. The van der Waals surface area contributed by atoms with Crippen LogP contribution in [0.3, 0.4) is 0 Å². The van der Waals surface area contributed by atoms with E-state index in [1.807, 2.05) is 0 Å². The first-order valence-corrected chi connectivity index (χ1v) is 17.0. The van der Waals surface area contributed by atoms with Gasteiger partial charge >= 0.3 is 0 Å². The Hall–Kier alpha value is -1.24. The zero-order valence-electron chi connectivity index (χ0n) is 27.4. The molecule has 0 spiro atoms. The van der Waals surface area contributed by atoms with Crippen LogP contribution < -0.4 is 33.0 Å². The van der Waals surface area contributed by atoms with Crippen molar-refractivity contribution in [3.63, 3.8) is 0 Å². The van der Waals surface area contributed by atoms with E-state index in [4.69, 9.17) is 11.6 Å². The number of hydrazine groups is 1. The van der Waals surface area contributed by atoms with E-state index < -0.39 is 0 Å². The van der Waals surface area contributed by atoms with E-state index in [-0.39, 0.29) is 57.6 Å². The number of carbonyl (C=O) groups excluding carboxylic acids is 4. The highest BCUT2D eigenvalue weighted by molar-refractivity contribution is 8.93. The first-order valence-electron chi connectivity index (χ1n) is 17.0. The summed E-state index contributed by atoms with van der Waals surface area (Å²) in [5, 5.41) is 9.02. The molecular weight excluding hydrogens is 692 g/mol. The Balaban J connectivity index is -0.00000840. The lowest BCUT2D eigenvalue weighted by molar-refractivity contribution is -0.122. The zero-order chi connectivity index (χ0) is 30.9. The molecule has 44 heavy (non-hydrogen) atoms. The zero-order valence-corrected chi connectivity index (χ0v) is 30.8. The standard InChI is InChI=1S/C32H64N6O4.2BrH/c33-25-17-9-1-5-13-21-29(39)35-26-18-10-2-6-14-22-30(40)36-27-19-11-3-7-15-23-31(41)37-28-20-12-4-8-16-24-32(42)38-34;;/h1-28,33-34H2,(H,35,39)(H,36,40)(H,37,41)(H,38,42);2*1H. The van der Waals surface area contributed by atoms with Gasteiger partial charge in [0, 0.05) is 45.3 Å². The maximum absolute atomic E-state index is 12.0. The lowest BCUT2D eigenvalue weighted by Crippen LogP contribution is -2.29. The smallest absolute Gasteiger partial charge is 0.233 e. The van der Waals surface area contributed by atoms with Crippen LogP contribution in [-0.2, 0) is 19.2 Å². The van der Waals surface area contributed by atoms with Crippen LogP contribution in [0.2, 0.25) is 0 Å². The monoisotopic (exact) mass is 756 g/mol. The van der Waals surface area contributed by atoms with Crippen LogP contribution in [0.15, 0.2) is 0 Å². The maximum atomic E-state index is 12.0. The van der Waals surface area contributed by atoms with Crippen LogP contribution in [-0.4, -0.2) is 49.8 Å². The Bertz CT molecular complexity index is 689. The fraction of sp³-hybridized carbons (Fsp3) is 0.875. The van der Waals surface area contributed by atoms with Crippen molar-refractivity contribution in [1.29, 1.82) is 0 Å². The van der Waals surface area contributed by atoms with E-state index in [1.54, 1.807) is 0 Å². The second-order valence-corrected chi connectivity index (χ2v) is 11.5. The van der Waals surface area contributed by atoms with E-state index in [2.05, 4.69) is 21.4 Å². The van der Waals surface area contributed by atoms with E-state index in [0.29, 0.717) is 25.7 Å². The molecular formula is C32H66Br2N6O4. The SMILES string of the molecule is Br.Br.NCCCCCCCC(=O)NCCCCCCCC(=O)NCCCCCCCC(=O)NCCCCCCCC(=O)NN. The van der Waals surface area contributed by atoms with Gasteiger partial charge in [-0.25, -0.2) is 5.84 Å². The van der Waals surface area contributed by atoms with Crippen molar-refractivity contribution in [2.45, 2.75) is 154 Å². The summed E-state index contributed by atoms with van der Waals surface area (Å²) in [5.41, 5.74) is 7.62. The Morgan fingerprint density at radius 3 is 0.909 bits per heavy atom. The second kappa shape index (κ2) is 37.9. The molecule has 0 unspecified atom stereocenters. The quantitative estimate of drug-likeness (QED) is 0.0226. The molecule has 0 rings (SSSR count). The molecule has 4 amide bonds. The van der Waals surface area contributed by atoms with E-state index >= 15 is 0 Å². The minimum atomic E-state index is -0.116. The number of hydrogen-bond donors (Lipinski definition) is 6. The summed E-state index contributed by atoms with van der Waals surface area (Å²) in [7, 11) is 0. The molecule has 0 fully saturated rings. The fourth-order valence-corrected chi connectivity index (χ4v) is 4.80. The van der Waals surface area contributed by atoms with E-state index in [1.165, 1.54) is 0 Å². The number of carbonyl (C=O) groups is 4. The molecule has 0 atom stereocenters. The Morgan fingerprint density at radius 1 is 0.364 bits per heavy atom. The summed E-state index contributed by atoms with van der Waals surface area (Å²) in [6.07, 6.45) is 22.9. The molecule has 0 aliphatic heterocycles. The molecule has 262 valence electrons. The summed E-state index contributed by atoms with van der Waals surface area (Å²) in [5.74, 6) is 5.37. The van der Waals surface area contributed by atoms with Crippen molar-refractivity contribution in [2.24, 2.45) is 11.6 Å². The van der Waals surface area contributed by atoms with Gasteiger partial charge < -0.3 is 21.7 Å². The largest absolute Gasteiger partial charge is 0.356 e. The number of unbranched alkanes of at least 4 members (excludes halogenated alkanes) is 16. The molecule has 8 N–H and O–H groups in total. The van der Waals surface area contributed by atoms with Crippen molar-refractivity contribution in [3.05, 3.63) is 0 Å². The number of amides is 4. The van der Waals surface area contributed by atoms with Gasteiger partial charge in [-0.15, -0.1) is 34.0 Å². The van der Waals surface area contributed by atoms with Crippen LogP contribution in [0.4, 0.5) is 0 Å². The van der Waals surface area contributed by atoms with Crippen molar-refractivity contribution < 1.29 is 19.2 Å². The molecule has 0 saturated heterocycles. The third kappa shape index (κ3) is 36.9. The van der Waals surface area contributed by atoms with Crippen LogP contribution >= 0.6 is 34.0 Å². The lowest BCUT2D eigenvalue weighted by Gasteiger charge is -2.07. The molecule has 0 aliphatic rings. The molecule has 0 radical (unpaired) electrons. The summed E-state index contributed by atoms with van der Waals surface area (Å²) in [6, 6.07) is 0. The van der Waals surface area contributed by atoms with E-state index in [0.717, 1.165) is 155 Å². The fourth-order valence-electron chi connectivity index (χ4n) is 4.80. The summed E-state index contributed by atoms with van der Waals surface area (Å²) < 4.78 is 0. The van der Waals surface area contributed by atoms with Gasteiger partial charge in [0.2, 0.25) is 23.6 Å². The normalized spacial score (nSPS) is 10.3. The molecule has 0 bridgehead atoms. The molecule has 0 aromatic carbocycles. The minimum absolute atomic E-state index is 0. The van der Waals surface area contributed by atoms with Crippen molar-refractivity contribution in [1.82, 2.24) is 21.4 Å². The second-order valence-electron chi connectivity index (χ2n) is 11.5. The van der Waals surface area contributed by atoms with Crippen molar-refractivity contribution in [2.75, 3.05) is 26.2 Å². The highest BCUT2D eigenvalue weighted by Crippen LogP contribution is 2.08. The van der Waals surface area contributed by atoms with Gasteiger partial charge in [0.15, 0.2) is 0 Å². The maximum Gasteiger partial charge on any atom is 0.233 e. The Morgan fingerprint density at radius 2 is 0.614 bits per heavy atom. The third-order valence-corrected chi connectivity index (χ3v) is 7.48. The number of hydrogen-bond acceptors (Lipinski definition) is 6. The molecule has 0 aromatic heterocycles. The highest BCUT2D eigenvalue weighted by atomic mass is 79.9. The first-order chi connectivity index (χ1) is 20.5. The number of halogens is 2. The van der Waals surface area contributed by atoms with Gasteiger partial charge in [-0.05, 0) is 57.9 Å². The summed E-state index contributed by atoms with van der Waals surface area (Å²) in [4.78, 5) is 46.8. The third-order valence-electron chi connectivity index (χ3n) is 7.48. The molecule has 12 heteroatoms. The molecule has 0 saturated carbocycles. The van der Waals surface area contributed by atoms with Gasteiger partial charge in [-0.3, -0.25) is 24.6 Å². The first kappa shape index (κ1) is 47.2. The molecule has 0 heterocycles. The van der Waals surface area contributed by atoms with Crippen LogP contribution in [0.25, 0.3) is 0 Å². The van der Waals surface area contributed by atoms with Gasteiger partial charge in [0.25, 0.3) is 0 Å². The summed E-state index contributed by atoms with van der Waals surface area (Å²) >= 11 is 0. The summed E-state index contributed by atoms with van der Waals surface area (Å²) in [6.45, 7) is 2.96. The Kier molecular flexibility index (Phi) is 40.7. The topological polar surface area (TPSA) is 168 Å². The van der Waals surface area contributed by atoms with Crippen molar-refractivity contribution >= 4 is 57.6 Å². The number of nitrogens with two attached hydrogens (primary N) is 2. The Labute approximate surface area is 289 Å². The van der Waals surface area contributed by atoms with Gasteiger partial charge in [-0.1, -0.05) is 77.0 Å². The van der Waals surface area contributed by atoms with Gasteiger partial charge in [0.1, 0.15) is 0 Å².